The van der Waals surface area contributed by atoms with Gasteiger partial charge >= 0.3 is 0 Å². The molecule has 0 fully saturated rings. The fraction of sp³-hybridized carbons (Fsp3) is 0.286. The molecule has 2 aromatic rings. The fourth-order valence-corrected chi connectivity index (χ4v) is 2.82. The molecule has 1 N–H and O–H groups in total. The second-order valence-corrected chi connectivity index (χ2v) is 7.21. The van der Waals surface area contributed by atoms with Gasteiger partial charge < -0.3 is 19.1 Å². The van der Waals surface area contributed by atoms with Crippen LogP contribution in [0.25, 0.3) is 0 Å². The number of carbonyl (C=O) groups is 2. The molecule has 10 heteroatoms. The summed E-state index contributed by atoms with van der Waals surface area (Å²) in [6, 6.07) is 9.15. The average Bonchev–Trinajstić information content (AvgIpc) is 2.72. The van der Waals surface area contributed by atoms with E-state index in [-0.39, 0.29) is 18.3 Å². The number of likely N-dealkylation sites (N-methyl/N-ethyl adjacent to an activating group) is 1. The number of hydrogen-bond acceptors (Lipinski definition) is 6. The maximum Gasteiger partial charge on any atom is 0.277 e. The Labute approximate surface area is 188 Å². The molecule has 2 rings (SSSR count). The molecule has 166 valence electrons. The Kier molecular flexibility index (Phi) is 9.26. The summed E-state index contributed by atoms with van der Waals surface area (Å²) >= 11 is 3.40. The molecule has 0 bridgehead atoms. The van der Waals surface area contributed by atoms with Crippen LogP contribution in [0.15, 0.2) is 46.0 Å². The molecule has 0 aliphatic rings. The van der Waals surface area contributed by atoms with Crippen molar-refractivity contribution in [3.63, 3.8) is 0 Å². The minimum atomic E-state index is -0.554. The lowest BCUT2D eigenvalue weighted by Crippen LogP contribution is -2.27. The third kappa shape index (κ3) is 7.56. The standard InChI is InChI=1S/C21H23BrFN3O5/c1-4-29-18-10-14(9-15(22)21(18)31-13-20(28)26(2)3)11-24-25-19(27)12-30-17-8-6-5-7-16(17)23/h5-11H,4,12-13H2,1-3H3,(H,25,27). The lowest BCUT2D eigenvalue weighted by molar-refractivity contribution is -0.130. The molecule has 0 saturated heterocycles. The van der Waals surface area contributed by atoms with Gasteiger partial charge in [-0.3, -0.25) is 9.59 Å². The van der Waals surface area contributed by atoms with Crippen molar-refractivity contribution in [3.8, 4) is 17.2 Å². The van der Waals surface area contributed by atoms with Gasteiger partial charge in [0.25, 0.3) is 11.8 Å². The quantitative estimate of drug-likeness (QED) is 0.404. The number of hydrogen-bond donors (Lipinski definition) is 1. The first kappa shape index (κ1) is 24.1. The Morgan fingerprint density at radius 2 is 1.87 bits per heavy atom. The van der Waals surface area contributed by atoms with Gasteiger partial charge in [0, 0.05) is 14.1 Å². The Morgan fingerprint density at radius 3 is 2.55 bits per heavy atom. The highest BCUT2D eigenvalue weighted by molar-refractivity contribution is 9.10. The van der Waals surface area contributed by atoms with Gasteiger partial charge in [-0.2, -0.15) is 5.10 Å². The van der Waals surface area contributed by atoms with Crippen LogP contribution < -0.4 is 19.6 Å². The van der Waals surface area contributed by atoms with E-state index in [0.717, 1.165) is 0 Å². The molecule has 0 saturated carbocycles. The summed E-state index contributed by atoms with van der Waals surface area (Å²) in [5.74, 6) is -0.515. The van der Waals surface area contributed by atoms with Crippen LogP contribution >= 0.6 is 15.9 Å². The third-order valence-electron chi connectivity index (χ3n) is 3.77. The highest BCUT2D eigenvalue weighted by atomic mass is 79.9. The topological polar surface area (TPSA) is 89.5 Å². The van der Waals surface area contributed by atoms with Crippen molar-refractivity contribution in [1.29, 1.82) is 0 Å². The molecule has 0 spiro atoms. The molecule has 0 aromatic heterocycles. The van der Waals surface area contributed by atoms with Crippen molar-refractivity contribution in [1.82, 2.24) is 10.3 Å². The van der Waals surface area contributed by atoms with Crippen LogP contribution in [0.5, 0.6) is 17.2 Å². The molecule has 0 radical (unpaired) electrons. The van der Waals surface area contributed by atoms with Crippen LogP contribution in [-0.2, 0) is 9.59 Å². The largest absolute Gasteiger partial charge is 0.490 e. The van der Waals surface area contributed by atoms with E-state index in [9.17, 15) is 14.0 Å². The van der Waals surface area contributed by atoms with E-state index in [4.69, 9.17) is 14.2 Å². The number of hydrazone groups is 1. The summed E-state index contributed by atoms with van der Waals surface area (Å²) in [7, 11) is 3.28. The van der Waals surface area contributed by atoms with Gasteiger partial charge in [-0.15, -0.1) is 0 Å². The van der Waals surface area contributed by atoms with E-state index in [1.165, 1.54) is 29.3 Å². The van der Waals surface area contributed by atoms with Crippen molar-refractivity contribution in [2.24, 2.45) is 5.10 Å². The van der Waals surface area contributed by atoms with E-state index >= 15 is 0 Å². The first-order chi connectivity index (χ1) is 14.8. The predicted octanol–water partition coefficient (Wildman–Crippen LogP) is 2.98. The van der Waals surface area contributed by atoms with Gasteiger partial charge in [-0.25, -0.2) is 9.82 Å². The lowest BCUT2D eigenvalue weighted by Gasteiger charge is -2.16. The predicted molar refractivity (Wildman–Crippen MR) is 117 cm³/mol. The van der Waals surface area contributed by atoms with Gasteiger partial charge in [0.1, 0.15) is 0 Å². The van der Waals surface area contributed by atoms with E-state index in [1.54, 1.807) is 32.3 Å². The molecular formula is C21H23BrFN3O5. The number of nitrogens with one attached hydrogen (secondary N) is 1. The number of benzene rings is 2. The number of carbonyl (C=O) groups excluding carboxylic acids is 2. The average molecular weight is 496 g/mol. The maximum atomic E-state index is 13.5. The number of para-hydroxylation sites is 1. The minimum absolute atomic E-state index is 0.0183. The van der Waals surface area contributed by atoms with Gasteiger partial charge in [-0.05, 0) is 52.7 Å². The summed E-state index contributed by atoms with van der Waals surface area (Å²) in [5, 5.41) is 3.87. The van der Waals surface area contributed by atoms with Crippen LogP contribution in [0.2, 0.25) is 0 Å². The maximum absolute atomic E-state index is 13.5. The molecule has 0 aliphatic heterocycles. The molecule has 2 aromatic carbocycles. The molecular weight excluding hydrogens is 473 g/mol. The minimum Gasteiger partial charge on any atom is -0.490 e. The summed E-state index contributed by atoms with van der Waals surface area (Å²) in [5.41, 5.74) is 2.91. The van der Waals surface area contributed by atoms with Crippen molar-refractivity contribution < 1.29 is 28.2 Å². The van der Waals surface area contributed by atoms with Crippen molar-refractivity contribution in [3.05, 3.63) is 52.3 Å². The fourth-order valence-electron chi connectivity index (χ4n) is 2.24. The van der Waals surface area contributed by atoms with Crippen LogP contribution in [0.4, 0.5) is 4.39 Å². The van der Waals surface area contributed by atoms with Crippen LogP contribution in [0.3, 0.4) is 0 Å². The smallest absolute Gasteiger partial charge is 0.277 e. The second kappa shape index (κ2) is 11.9. The number of halogens is 2. The Bertz CT molecular complexity index is 953. The normalized spacial score (nSPS) is 10.6. The summed E-state index contributed by atoms with van der Waals surface area (Å²) in [6.45, 7) is 1.67. The van der Waals surface area contributed by atoms with Crippen molar-refractivity contribution >= 4 is 34.0 Å². The Morgan fingerprint density at radius 1 is 1.13 bits per heavy atom. The van der Waals surface area contributed by atoms with Crippen molar-refractivity contribution in [2.75, 3.05) is 33.9 Å². The van der Waals surface area contributed by atoms with E-state index in [2.05, 4.69) is 26.5 Å². The van der Waals surface area contributed by atoms with E-state index in [0.29, 0.717) is 28.1 Å². The van der Waals surface area contributed by atoms with Crippen molar-refractivity contribution in [2.45, 2.75) is 6.92 Å². The Balaban J connectivity index is 2.00. The molecule has 0 unspecified atom stereocenters. The van der Waals surface area contributed by atoms with Crippen LogP contribution in [0, 0.1) is 5.82 Å². The molecule has 8 nitrogen and oxygen atoms in total. The summed E-state index contributed by atoms with van der Waals surface area (Å²) < 4.78 is 30.4. The number of ether oxygens (including phenoxy) is 3. The zero-order chi connectivity index (χ0) is 22.8. The highest BCUT2D eigenvalue weighted by Crippen LogP contribution is 2.36. The molecule has 0 aliphatic carbocycles. The lowest BCUT2D eigenvalue weighted by atomic mass is 10.2. The highest BCUT2D eigenvalue weighted by Gasteiger charge is 2.14. The number of rotatable bonds is 10. The van der Waals surface area contributed by atoms with Gasteiger partial charge in [0.2, 0.25) is 0 Å². The third-order valence-corrected chi connectivity index (χ3v) is 4.36. The summed E-state index contributed by atoms with van der Waals surface area (Å²) in [6.07, 6.45) is 1.41. The zero-order valence-electron chi connectivity index (χ0n) is 17.4. The molecule has 0 heterocycles. The zero-order valence-corrected chi connectivity index (χ0v) is 18.9. The first-order valence-corrected chi connectivity index (χ1v) is 10.1. The van der Waals surface area contributed by atoms with Gasteiger partial charge in [0.15, 0.2) is 36.3 Å². The first-order valence-electron chi connectivity index (χ1n) is 9.30. The summed E-state index contributed by atoms with van der Waals surface area (Å²) in [4.78, 5) is 25.1. The number of amides is 2. The Hall–Kier alpha value is -3.14. The van der Waals surface area contributed by atoms with Crippen LogP contribution in [0.1, 0.15) is 12.5 Å². The SMILES string of the molecule is CCOc1cc(C=NNC(=O)COc2ccccc2F)cc(Br)c1OCC(=O)N(C)C. The van der Waals surface area contributed by atoms with E-state index < -0.39 is 18.3 Å². The van der Waals surface area contributed by atoms with Gasteiger partial charge in [0.05, 0.1) is 17.3 Å². The van der Waals surface area contributed by atoms with Gasteiger partial charge in [-0.1, -0.05) is 12.1 Å². The monoisotopic (exact) mass is 495 g/mol. The van der Waals surface area contributed by atoms with Crippen LogP contribution in [-0.4, -0.2) is 56.8 Å². The van der Waals surface area contributed by atoms with E-state index in [1.807, 2.05) is 6.92 Å². The molecule has 0 atom stereocenters. The number of nitrogens with zero attached hydrogens (tertiary/aromatic N) is 2. The molecule has 31 heavy (non-hydrogen) atoms. The molecule has 2 amide bonds. The second-order valence-electron chi connectivity index (χ2n) is 6.35.